The van der Waals surface area contributed by atoms with E-state index in [2.05, 4.69) is 15.9 Å². The zero-order chi connectivity index (χ0) is 10.2. The van der Waals surface area contributed by atoms with E-state index in [1.807, 2.05) is 0 Å². The fourth-order valence-electron chi connectivity index (χ4n) is 1.06. The van der Waals surface area contributed by atoms with Crippen molar-refractivity contribution in [2.45, 2.75) is 21.2 Å². The minimum atomic E-state index is -1.15. The maximum atomic E-state index is 6.08. The molecule has 0 fully saturated rings. The van der Waals surface area contributed by atoms with Gasteiger partial charge in [-0.05, 0) is 0 Å². The molecule has 0 saturated carbocycles. The first-order valence-corrected chi connectivity index (χ1v) is 5.95. The highest BCUT2D eigenvalue weighted by molar-refractivity contribution is 9.11. The molecule has 1 aliphatic carbocycles. The van der Waals surface area contributed by atoms with Gasteiger partial charge in [0.25, 0.3) is 0 Å². The molecule has 0 radical (unpaired) electrons. The van der Waals surface area contributed by atoms with E-state index in [0.29, 0.717) is 0 Å². The normalized spacial score (nSPS) is 46.0. The highest BCUT2D eigenvalue weighted by Crippen LogP contribution is 2.44. The van der Waals surface area contributed by atoms with E-state index in [9.17, 15) is 0 Å². The second kappa shape index (κ2) is 4.46. The predicted molar refractivity (Wildman–Crippen MR) is 61.5 cm³/mol. The third kappa shape index (κ3) is 2.14. The smallest absolute Gasteiger partial charge is 0.179 e. The standard InChI is InChI=1S/C7H7BrCl4O/c1-13-7(12)4(9)2-3(8)5(10)6(7)11/h2,4-6H,1H3. The molecule has 0 amide bonds. The zero-order valence-corrected chi connectivity index (χ0v) is 11.2. The van der Waals surface area contributed by atoms with Crippen LogP contribution in [0.2, 0.25) is 0 Å². The SMILES string of the molecule is COC1(Cl)C(Cl)C=C(Br)C(Cl)C1Cl. The molecule has 76 valence electrons. The van der Waals surface area contributed by atoms with Crippen molar-refractivity contribution < 1.29 is 4.74 Å². The van der Waals surface area contributed by atoms with E-state index in [4.69, 9.17) is 51.1 Å². The number of methoxy groups -OCH3 is 1. The van der Waals surface area contributed by atoms with Crippen molar-refractivity contribution in [3.8, 4) is 0 Å². The Balaban J connectivity index is 3.02. The van der Waals surface area contributed by atoms with Gasteiger partial charge in [-0.1, -0.05) is 33.6 Å². The molecule has 0 saturated heterocycles. The minimum Gasteiger partial charge on any atom is -0.359 e. The average Bonchev–Trinajstić information content (AvgIpc) is 2.11. The Morgan fingerprint density at radius 2 is 2.00 bits per heavy atom. The molecule has 4 unspecified atom stereocenters. The van der Waals surface area contributed by atoms with Crippen molar-refractivity contribution in [3.63, 3.8) is 0 Å². The molecule has 1 aliphatic rings. The Morgan fingerprint density at radius 3 is 2.46 bits per heavy atom. The van der Waals surface area contributed by atoms with Gasteiger partial charge < -0.3 is 4.74 Å². The van der Waals surface area contributed by atoms with Crippen molar-refractivity contribution in [2.75, 3.05) is 7.11 Å². The van der Waals surface area contributed by atoms with Crippen LogP contribution < -0.4 is 0 Å². The summed E-state index contributed by atoms with van der Waals surface area (Å²) in [6.07, 6.45) is 1.69. The molecule has 1 rings (SSSR count). The quantitative estimate of drug-likeness (QED) is 0.667. The summed E-state index contributed by atoms with van der Waals surface area (Å²) in [7, 11) is 1.45. The van der Waals surface area contributed by atoms with Crippen LogP contribution in [0.4, 0.5) is 0 Å². The highest BCUT2D eigenvalue weighted by Gasteiger charge is 2.49. The Kier molecular flexibility index (Phi) is 4.26. The third-order valence-corrected chi connectivity index (χ3v) is 5.40. The van der Waals surface area contributed by atoms with Crippen LogP contribution in [-0.2, 0) is 4.74 Å². The van der Waals surface area contributed by atoms with Gasteiger partial charge in [0.05, 0.1) is 16.1 Å². The molecule has 0 aromatic carbocycles. The Morgan fingerprint density at radius 1 is 1.46 bits per heavy atom. The summed E-state index contributed by atoms with van der Waals surface area (Å²) in [5, 5.41) is -2.66. The van der Waals surface area contributed by atoms with E-state index in [1.54, 1.807) is 6.08 Å². The van der Waals surface area contributed by atoms with Crippen molar-refractivity contribution in [3.05, 3.63) is 10.6 Å². The van der Waals surface area contributed by atoms with Gasteiger partial charge in [0.15, 0.2) is 5.06 Å². The topological polar surface area (TPSA) is 9.23 Å². The van der Waals surface area contributed by atoms with Crippen LogP contribution in [0.3, 0.4) is 0 Å². The molecule has 13 heavy (non-hydrogen) atoms. The van der Waals surface area contributed by atoms with Gasteiger partial charge in [-0.3, -0.25) is 0 Å². The number of alkyl halides is 4. The Labute approximate surface area is 105 Å². The molecule has 0 bridgehead atoms. The first-order chi connectivity index (χ1) is 5.93. The molecule has 0 N–H and O–H groups in total. The highest BCUT2D eigenvalue weighted by atomic mass is 79.9. The fourth-order valence-corrected chi connectivity index (χ4v) is 3.19. The maximum Gasteiger partial charge on any atom is 0.179 e. The molecular weight excluding hydrogens is 322 g/mol. The van der Waals surface area contributed by atoms with Crippen LogP contribution in [-0.4, -0.2) is 28.3 Å². The van der Waals surface area contributed by atoms with Crippen LogP contribution in [0.15, 0.2) is 10.6 Å². The van der Waals surface area contributed by atoms with Gasteiger partial charge in [0, 0.05) is 11.6 Å². The Hall–Kier alpha value is 1.34. The molecule has 0 heterocycles. The number of hydrogen-bond donors (Lipinski definition) is 0. The summed E-state index contributed by atoms with van der Waals surface area (Å²) >= 11 is 27.3. The van der Waals surface area contributed by atoms with Gasteiger partial charge in [-0.25, -0.2) is 0 Å². The molecule has 0 spiro atoms. The summed E-state index contributed by atoms with van der Waals surface area (Å²) in [6, 6.07) is 0. The average molecular weight is 329 g/mol. The van der Waals surface area contributed by atoms with Gasteiger partial charge in [0.2, 0.25) is 0 Å². The van der Waals surface area contributed by atoms with Crippen molar-refractivity contribution >= 4 is 62.3 Å². The number of allylic oxidation sites excluding steroid dienone is 1. The Bertz CT molecular complexity index is 235. The lowest BCUT2D eigenvalue weighted by molar-refractivity contribution is 0.0631. The maximum absolute atomic E-state index is 6.08. The second-order valence-electron chi connectivity index (χ2n) is 2.66. The molecule has 0 aromatic rings. The van der Waals surface area contributed by atoms with Crippen LogP contribution in [0.25, 0.3) is 0 Å². The summed E-state index contributed by atoms with van der Waals surface area (Å²) in [6.45, 7) is 0. The van der Waals surface area contributed by atoms with Gasteiger partial charge in [-0.2, -0.15) is 0 Å². The predicted octanol–water partition coefficient (Wildman–Crippen LogP) is 3.68. The van der Waals surface area contributed by atoms with E-state index < -0.39 is 21.2 Å². The van der Waals surface area contributed by atoms with Gasteiger partial charge in [0.1, 0.15) is 0 Å². The molecule has 0 aliphatic heterocycles. The minimum absolute atomic E-state index is 0.422. The van der Waals surface area contributed by atoms with Gasteiger partial charge >= 0.3 is 0 Å². The lowest BCUT2D eigenvalue weighted by Gasteiger charge is -2.38. The molecule has 4 atom stereocenters. The van der Waals surface area contributed by atoms with Crippen LogP contribution in [0.1, 0.15) is 0 Å². The molecule has 0 aromatic heterocycles. The van der Waals surface area contributed by atoms with E-state index in [-0.39, 0.29) is 0 Å². The number of rotatable bonds is 1. The lowest BCUT2D eigenvalue weighted by Crippen LogP contribution is -2.50. The molecule has 6 heteroatoms. The van der Waals surface area contributed by atoms with Gasteiger partial charge in [-0.15, -0.1) is 34.8 Å². The number of hydrogen-bond acceptors (Lipinski definition) is 1. The second-order valence-corrected chi connectivity index (χ2v) is 5.58. The first-order valence-electron chi connectivity index (χ1n) is 3.47. The number of ether oxygens (including phenoxy) is 1. The summed E-state index contributed by atoms with van der Waals surface area (Å²) < 4.78 is 5.81. The van der Waals surface area contributed by atoms with E-state index in [1.165, 1.54) is 7.11 Å². The zero-order valence-electron chi connectivity index (χ0n) is 6.61. The fraction of sp³-hybridized carbons (Fsp3) is 0.714. The van der Waals surface area contributed by atoms with Crippen LogP contribution in [0, 0.1) is 0 Å². The van der Waals surface area contributed by atoms with Crippen LogP contribution >= 0.6 is 62.3 Å². The van der Waals surface area contributed by atoms with Crippen molar-refractivity contribution in [1.82, 2.24) is 0 Å². The van der Waals surface area contributed by atoms with E-state index in [0.717, 1.165) is 4.48 Å². The summed E-state index contributed by atoms with van der Waals surface area (Å²) in [5.74, 6) is 0. The largest absolute Gasteiger partial charge is 0.359 e. The first kappa shape index (κ1) is 12.4. The monoisotopic (exact) mass is 326 g/mol. The molecule has 1 nitrogen and oxygen atoms in total. The van der Waals surface area contributed by atoms with E-state index >= 15 is 0 Å². The number of halogens is 5. The van der Waals surface area contributed by atoms with Crippen LogP contribution in [0.5, 0.6) is 0 Å². The lowest BCUT2D eigenvalue weighted by atomic mass is 10.0. The summed E-state index contributed by atoms with van der Waals surface area (Å²) in [4.78, 5) is 0. The van der Waals surface area contributed by atoms with Crippen molar-refractivity contribution in [1.29, 1.82) is 0 Å². The summed E-state index contributed by atoms with van der Waals surface area (Å²) in [5.41, 5.74) is 0. The molecular formula is C7H7BrCl4O. The third-order valence-electron chi connectivity index (χ3n) is 1.89. The van der Waals surface area contributed by atoms with Crippen molar-refractivity contribution in [2.24, 2.45) is 0 Å².